The second-order valence-electron chi connectivity index (χ2n) is 6.79. The molecule has 1 aromatic rings. The van der Waals surface area contributed by atoms with Crippen LogP contribution in [0.2, 0.25) is 0 Å². The van der Waals surface area contributed by atoms with E-state index in [2.05, 4.69) is 16.0 Å². The van der Waals surface area contributed by atoms with Gasteiger partial charge in [0.25, 0.3) is 0 Å². The monoisotopic (exact) mass is 438 g/mol. The van der Waals surface area contributed by atoms with Gasteiger partial charge in [-0.1, -0.05) is 30.3 Å². The number of nitrogens with one attached hydrogen (secondary N) is 3. The van der Waals surface area contributed by atoms with Crippen molar-refractivity contribution in [2.45, 2.75) is 44.0 Å². The number of carboxylic acids is 2. The SMILES string of the molecule is CC(O)C(N)C(=O)NC(CC(=O)O)C(=O)NCC(=O)NC(Cc1ccccc1)C(=O)O. The van der Waals surface area contributed by atoms with Gasteiger partial charge in [0.2, 0.25) is 17.7 Å². The molecule has 0 aliphatic heterocycles. The predicted octanol–water partition coefficient (Wildman–Crippen LogP) is -2.42. The molecule has 0 aliphatic rings. The number of aliphatic hydroxyl groups excluding tert-OH is 1. The van der Waals surface area contributed by atoms with E-state index in [4.69, 9.17) is 10.8 Å². The molecule has 0 heterocycles. The molecule has 4 unspecified atom stereocenters. The highest BCUT2D eigenvalue weighted by Gasteiger charge is 2.28. The molecule has 31 heavy (non-hydrogen) atoms. The molecule has 4 atom stereocenters. The Kier molecular flexibility index (Phi) is 10.1. The standard InChI is InChI=1S/C19H26N4O8/c1-10(24)16(20)18(29)23-12(8-15(26)27)17(28)21-9-14(25)22-13(19(30)31)7-11-5-3-2-4-6-11/h2-6,10,12-13,16,24H,7-9,20H2,1H3,(H,21,28)(H,22,25)(H,23,29)(H,26,27)(H,30,31). The summed E-state index contributed by atoms with van der Waals surface area (Å²) in [4.78, 5) is 58.6. The van der Waals surface area contributed by atoms with Crippen LogP contribution in [0.1, 0.15) is 18.9 Å². The molecule has 170 valence electrons. The minimum Gasteiger partial charge on any atom is -0.481 e. The van der Waals surface area contributed by atoms with Crippen molar-refractivity contribution in [1.82, 2.24) is 16.0 Å². The lowest BCUT2D eigenvalue weighted by atomic mass is 10.1. The van der Waals surface area contributed by atoms with E-state index in [1.54, 1.807) is 30.3 Å². The van der Waals surface area contributed by atoms with E-state index in [1.807, 2.05) is 0 Å². The third-order valence-electron chi connectivity index (χ3n) is 4.17. The first-order valence-electron chi connectivity index (χ1n) is 9.30. The highest BCUT2D eigenvalue weighted by molar-refractivity contribution is 5.94. The topological polar surface area (TPSA) is 208 Å². The number of aliphatic carboxylic acids is 2. The predicted molar refractivity (Wildman–Crippen MR) is 107 cm³/mol. The molecule has 0 radical (unpaired) electrons. The number of nitrogens with two attached hydrogens (primary N) is 1. The first-order chi connectivity index (χ1) is 14.5. The quantitative estimate of drug-likeness (QED) is 0.185. The average molecular weight is 438 g/mol. The van der Waals surface area contributed by atoms with E-state index in [0.717, 1.165) is 0 Å². The number of hydrogen-bond donors (Lipinski definition) is 7. The Balaban J connectivity index is 2.67. The fraction of sp³-hybridized carbons (Fsp3) is 0.421. The van der Waals surface area contributed by atoms with Crippen molar-refractivity contribution >= 4 is 29.7 Å². The normalized spacial score (nSPS) is 14.4. The largest absolute Gasteiger partial charge is 0.481 e. The number of hydrogen-bond acceptors (Lipinski definition) is 7. The molecular weight excluding hydrogens is 412 g/mol. The number of benzene rings is 1. The van der Waals surface area contributed by atoms with Crippen LogP contribution in [0.15, 0.2) is 30.3 Å². The molecule has 0 bridgehead atoms. The minimum absolute atomic E-state index is 0.0186. The van der Waals surface area contributed by atoms with Crippen LogP contribution in [0.3, 0.4) is 0 Å². The van der Waals surface area contributed by atoms with Crippen molar-refractivity contribution < 1.29 is 39.3 Å². The van der Waals surface area contributed by atoms with Gasteiger partial charge in [-0.25, -0.2) is 4.79 Å². The summed E-state index contributed by atoms with van der Waals surface area (Å²) in [7, 11) is 0. The van der Waals surface area contributed by atoms with E-state index in [1.165, 1.54) is 6.92 Å². The van der Waals surface area contributed by atoms with E-state index >= 15 is 0 Å². The Bertz CT molecular complexity index is 799. The van der Waals surface area contributed by atoms with Crippen LogP contribution in [0, 0.1) is 0 Å². The summed E-state index contributed by atoms with van der Waals surface area (Å²) in [5.74, 6) is -5.43. The van der Waals surface area contributed by atoms with Gasteiger partial charge in [0.05, 0.1) is 19.1 Å². The van der Waals surface area contributed by atoms with Crippen LogP contribution < -0.4 is 21.7 Å². The number of amides is 3. The van der Waals surface area contributed by atoms with Gasteiger partial charge >= 0.3 is 11.9 Å². The van der Waals surface area contributed by atoms with E-state index in [0.29, 0.717) is 5.56 Å². The summed E-state index contributed by atoms with van der Waals surface area (Å²) in [6, 6.07) is 4.40. The molecule has 1 aromatic carbocycles. The van der Waals surface area contributed by atoms with Crippen molar-refractivity contribution in [3.8, 4) is 0 Å². The Labute approximate surface area is 177 Å². The Morgan fingerprint density at radius 2 is 1.58 bits per heavy atom. The fourth-order valence-electron chi connectivity index (χ4n) is 2.46. The van der Waals surface area contributed by atoms with Gasteiger partial charge in [-0.3, -0.25) is 19.2 Å². The van der Waals surface area contributed by atoms with Crippen molar-refractivity contribution in [1.29, 1.82) is 0 Å². The van der Waals surface area contributed by atoms with Crippen LogP contribution in [0.4, 0.5) is 0 Å². The molecule has 0 aliphatic carbocycles. The first kappa shape index (κ1) is 25.5. The summed E-state index contributed by atoms with van der Waals surface area (Å²) < 4.78 is 0. The number of carboxylic acid groups (broad SMARTS) is 2. The van der Waals surface area contributed by atoms with Crippen molar-refractivity contribution in [3.63, 3.8) is 0 Å². The lowest BCUT2D eigenvalue weighted by Gasteiger charge is -2.21. The van der Waals surface area contributed by atoms with E-state index in [9.17, 15) is 34.2 Å². The number of carbonyl (C=O) groups is 5. The molecule has 12 nitrogen and oxygen atoms in total. The van der Waals surface area contributed by atoms with Gasteiger partial charge in [0.15, 0.2) is 0 Å². The summed E-state index contributed by atoms with van der Waals surface area (Å²) in [5, 5.41) is 34.1. The van der Waals surface area contributed by atoms with Crippen molar-refractivity contribution in [3.05, 3.63) is 35.9 Å². The number of aliphatic hydroxyl groups is 1. The molecule has 12 heteroatoms. The first-order valence-corrected chi connectivity index (χ1v) is 9.30. The molecule has 0 saturated carbocycles. The molecule has 0 aromatic heterocycles. The zero-order valence-electron chi connectivity index (χ0n) is 16.8. The average Bonchev–Trinajstić information content (AvgIpc) is 2.70. The fourth-order valence-corrected chi connectivity index (χ4v) is 2.46. The molecule has 3 amide bonds. The zero-order valence-corrected chi connectivity index (χ0v) is 16.8. The van der Waals surface area contributed by atoms with Gasteiger partial charge in [-0.05, 0) is 12.5 Å². The maximum Gasteiger partial charge on any atom is 0.326 e. The summed E-state index contributed by atoms with van der Waals surface area (Å²) in [6.45, 7) is 0.598. The van der Waals surface area contributed by atoms with Gasteiger partial charge in [0, 0.05) is 6.42 Å². The molecule has 8 N–H and O–H groups in total. The van der Waals surface area contributed by atoms with Crippen LogP contribution in [0.25, 0.3) is 0 Å². The number of rotatable bonds is 12. The molecule has 0 saturated heterocycles. The van der Waals surface area contributed by atoms with Gasteiger partial charge < -0.3 is 37.0 Å². The summed E-state index contributed by atoms with van der Waals surface area (Å²) >= 11 is 0. The second kappa shape index (κ2) is 12.2. The highest BCUT2D eigenvalue weighted by atomic mass is 16.4. The van der Waals surface area contributed by atoms with Crippen LogP contribution >= 0.6 is 0 Å². The third kappa shape index (κ3) is 9.23. The molecule has 0 spiro atoms. The second-order valence-corrected chi connectivity index (χ2v) is 6.79. The van der Waals surface area contributed by atoms with Gasteiger partial charge in [0.1, 0.15) is 18.1 Å². The van der Waals surface area contributed by atoms with Crippen LogP contribution in [0.5, 0.6) is 0 Å². The Morgan fingerprint density at radius 1 is 0.968 bits per heavy atom. The maximum absolute atomic E-state index is 12.2. The van der Waals surface area contributed by atoms with Crippen molar-refractivity contribution in [2.24, 2.45) is 5.73 Å². The minimum atomic E-state index is -1.55. The van der Waals surface area contributed by atoms with Gasteiger partial charge in [-0.2, -0.15) is 0 Å². The number of carbonyl (C=O) groups excluding carboxylic acids is 3. The van der Waals surface area contributed by atoms with E-state index < -0.39 is 66.9 Å². The van der Waals surface area contributed by atoms with Gasteiger partial charge in [-0.15, -0.1) is 0 Å². The highest BCUT2D eigenvalue weighted by Crippen LogP contribution is 2.03. The Hall–Kier alpha value is -3.51. The van der Waals surface area contributed by atoms with Crippen molar-refractivity contribution in [2.75, 3.05) is 6.54 Å². The third-order valence-corrected chi connectivity index (χ3v) is 4.17. The lowest BCUT2D eigenvalue weighted by molar-refractivity contribution is -0.142. The summed E-state index contributed by atoms with van der Waals surface area (Å²) in [5.41, 5.74) is 6.13. The maximum atomic E-state index is 12.2. The van der Waals surface area contributed by atoms with E-state index in [-0.39, 0.29) is 6.42 Å². The molecular formula is C19H26N4O8. The molecule has 1 rings (SSSR count). The molecule has 0 fully saturated rings. The smallest absolute Gasteiger partial charge is 0.326 e. The summed E-state index contributed by atoms with van der Waals surface area (Å²) in [6.07, 6.45) is -2.01. The zero-order chi connectivity index (χ0) is 23.6. The van der Waals surface area contributed by atoms with Crippen LogP contribution in [-0.4, -0.2) is 75.8 Å². The van der Waals surface area contributed by atoms with Crippen LogP contribution in [-0.2, 0) is 30.4 Å². The lowest BCUT2D eigenvalue weighted by Crippen LogP contribution is -2.56. The Morgan fingerprint density at radius 3 is 2.10 bits per heavy atom.